The van der Waals surface area contributed by atoms with Crippen LogP contribution in [0.3, 0.4) is 0 Å². The van der Waals surface area contributed by atoms with Gasteiger partial charge in [0.15, 0.2) is 0 Å². The Morgan fingerprint density at radius 3 is 2.44 bits per heavy atom. The summed E-state index contributed by atoms with van der Waals surface area (Å²) in [6, 6.07) is 0.465. The zero-order valence-corrected chi connectivity index (χ0v) is 8.61. The first-order valence-electron chi connectivity index (χ1n) is 3.20. The van der Waals surface area contributed by atoms with Crippen molar-refractivity contribution in [3.8, 4) is 0 Å². The van der Waals surface area contributed by atoms with Gasteiger partial charge in [0.2, 0.25) is 0 Å². The Morgan fingerprint density at radius 1 is 1.56 bits per heavy atom. The molecule has 1 radical (unpaired) electrons. The quantitative estimate of drug-likeness (QED) is 0.623. The fraction of sp³-hybridized carbons (Fsp3) is 0.714. The monoisotopic (exact) mass is 200 g/mol. The zero-order chi connectivity index (χ0) is 5.98. The maximum atomic E-state index is 3.94. The van der Waals surface area contributed by atoms with Gasteiger partial charge in [0.1, 0.15) is 0 Å². The van der Waals surface area contributed by atoms with Gasteiger partial charge in [-0.2, -0.15) is 6.42 Å². The summed E-state index contributed by atoms with van der Waals surface area (Å²) in [7, 11) is 0. The van der Waals surface area contributed by atoms with Gasteiger partial charge in [0.25, 0.3) is 0 Å². The molecule has 0 spiro atoms. The molecule has 1 fully saturated rings. The van der Waals surface area contributed by atoms with Gasteiger partial charge in [-0.15, -0.1) is 6.04 Å². The van der Waals surface area contributed by atoms with E-state index in [-0.39, 0.29) is 32.7 Å². The van der Waals surface area contributed by atoms with Crippen LogP contribution >= 0.6 is 0 Å². The molecule has 1 N–H and O–H groups in total. The smallest absolute Gasteiger partial charge is 0 e. The zero-order valence-electron chi connectivity index (χ0n) is 5.77. The fourth-order valence-electron chi connectivity index (χ4n) is 1.17. The Morgan fingerprint density at radius 2 is 2.22 bits per heavy atom. The van der Waals surface area contributed by atoms with Crippen molar-refractivity contribution >= 4 is 0 Å². The van der Waals surface area contributed by atoms with Crippen molar-refractivity contribution in [2.75, 3.05) is 6.54 Å². The van der Waals surface area contributed by atoms with Gasteiger partial charge < -0.3 is 19.2 Å². The normalized spacial score (nSPS) is 34.0. The second-order valence-electron chi connectivity index (χ2n) is 2.40. The minimum Gasteiger partial charge on any atom is -0.343 e. The topological polar surface area (TPSA) is 12.0 Å². The van der Waals surface area contributed by atoms with E-state index in [1.54, 1.807) is 0 Å². The van der Waals surface area contributed by atoms with E-state index in [1.165, 1.54) is 6.42 Å². The van der Waals surface area contributed by atoms with E-state index in [9.17, 15) is 0 Å². The molecule has 0 amide bonds. The van der Waals surface area contributed by atoms with E-state index in [4.69, 9.17) is 0 Å². The molecule has 0 saturated carbocycles. The first kappa shape index (κ1) is 10.1. The molecule has 51 valence electrons. The minimum absolute atomic E-state index is 0. The molecule has 0 aromatic rings. The molecule has 2 unspecified atom stereocenters. The summed E-state index contributed by atoms with van der Waals surface area (Å²) in [5, 5.41) is 3.27. The third kappa shape index (κ3) is 2.65. The van der Waals surface area contributed by atoms with E-state index < -0.39 is 0 Å². The number of nitrogens with one attached hydrogen (secondary N) is 1. The van der Waals surface area contributed by atoms with Crippen molar-refractivity contribution in [2.45, 2.75) is 18.9 Å². The third-order valence-corrected chi connectivity index (χ3v) is 1.86. The van der Waals surface area contributed by atoms with E-state index in [1.807, 2.05) is 0 Å². The molecule has 1 aliphatic rings. The van der Waals surface area contributed by atoms with Crippen molar-refractivity contribution in [1.29, 1.82) is 0 Å². The van der Waals surface area contributed by atoms with Crippen molar-refractivity contribution in [1.82, 2.24) is 5.32 Å². The van der Waals surface area contributed by atoms with Crippen molar-refractivity contribution in [3.63, 3.8) is 0 Å². The van der Waals surface area contributed by atoms with Gasteiger partial charge in [-0.3, -0.25) is 0 Å². The number of hydrogen-bond acceptors (Lipinski definition) is 1. The van der Waals surface area contributed by atoms with E-state index in [2.05, 4.69) is 19.2 Å². The maximum Gasteiger partial charge on any atom is 0 e. The van der Waals surface area contributed by atoms with Gasteiger partial charge >= 0.3 is 0 Å². The Labute approximate surface area is 82.9 Å². The van der Waals surface area contributed by atoms with Crippen LogP contribution in [-0.2, 0) is 32.7 Å². The molecule has 1 saturated heterocycles. The Bertz CT molecular complexity index is 75.3. The number of hydrogen-bond donors (Lipinski definition) is 1. The SMILES string of the molecule is [CH2-]CC1CCNC1[CH2-].[Y]. The average Bonchev–Trinajstić information content (AvgIpc) is 2.14. The largest absolute Gasteiger partial charge is 0.343 e. The summed E-state index contributed by atoms with van der Waals surface area (Å²) < 4.78 is 0. The molecule has 1 nitrogen and oxygen atoms in total. The van der Waals surface area contributed by atoms with Crippen LogP contribution in [0.2, 0.25) is 0 Å². The summed E-state index contributed by atoms with van der Waals surface area (Å²) >= 11 is 0. The van der Waals surface area contributed by atoms with Crippen LogP contribution < -0.4 is 5.32 Å². The van der Waals surface area contributed by atoms with Crippen LogP contribution in [0.5, 0.6) is 0 Å². The van der Waals surface area contributed by atoms with Crippen LogP contribution in [-0.4, -0.2) is 12.6 Å². The molecule has 2 atom stereocenters. The summed E-state index contributed by atoms with van der Waals surface area (Å²) in [5.41, 5.74) is 0. The van der Waals surface area contributed by atoms with Crippen LogP contribution in [0, 0.1) is 19.8 Å². The molecule has 1 aliphatic heterocycles. The first-order chi connectivity index (χ1) is 3.84. The predicted octanol–water partition coefficient (Wildman–Crippen LogP) is 1.02. The standard InChI is InChI=1S/C7H13N.Y/c1-3-7-4-5-8-6(7)2;/h6-8H,1-5H2;/q-2;. The van der Waals surface area contributed by atoms with Crippen molar-refractivity contribution < 1.29 is 32.7 Å². The Hall–Kier alpha value is 1.06. The van der Waals surface area contributed by atoms with Gasteiger partial charge in [-0.25, -0.2) is 0 Å². The Balaban J connectivity index is 0.000000640. The van der Waals surface area contributed by atoms with Crippen LogP contribution in [0.15, 0.2) is 0 Å². The molecule has 9 heavy (non-hydrogen) atoms. The van der Waals surface area contributed by atoms with E-state index in [0.29, 0.717) is 6.04 Å². The van der Waals surface area contributed by atoms with Gasteiger partial charge in [-0.05, 0) is 13.0 Å². The molecule has 0 aromatic heterocycles. The van der Waals surface area contributed by atoms with Gasteiger partial charge in [0.05, 0.1) is 0 Å². The first-order valence-corrected chi connectivity index (χ1v) is 3.20. The molecular formula is C7H13NY-2. The summed E-state index contributed by atoms with van der Waals surface area (Å²) in [6.45, 7) is 8.91. The van der Waals surface area contributed by atoms with E-state index in [0.717, 1.165) is 18.9 Å². The van der Waals surface area contributed by atoms with Crippen molar-refractivity contribution in [3.05, 3.63) is 13.8 Å². The summed E-state index contributed by atoms with van der Waals surface area (Å²) in [6.07, 6.45) is 2.29. The molecule has 2 heteroatoms. The second-order valence-corrected chi connectivity index (χ2v) is 2.40. The van der Waals surface area contributed by atoms with Crippen LogP contribution in [0.25, 0.3) is 0 Å². The molecule has 0 bridgehead atoms. The summed E-state index contributed by atoms with van der Waals surface area (Å²) in [4.78, 5) is 0. The molecule has 1 heterocycles. The van der Waals surface area contributed by atoms with Crippen LogP contribution in [0.1, 0.15) is 12.8 Å². The molecule has 0 aliphatic carbocycles. The average molecular weight is 200 g/mol. The van der Waals surface area contributed by atoms with Crippen LogP contribution in [0.4, 0.5) is 0 Å². The second kappa shape index (κ2) is 4.81. The summed E-state index contributed by atoms with van der Waals surface area (Å²) in [5.74, 6) is 0.731. The minimum atomic E-state index is 0. The molecule has 1 rings (SSSR count). The third-order valence-electron chi connectivity index (χ3n) is 1.86. The van der Waals surface area contributed by atoms with E-state index >= 15 is 0 Å². The van der Waals surface area contributed by atoms with Crippen molar-refractivity contribution in [2.24, 2.45) is 5.92 Å². The Kier molecular flexibility index (Phi) is 5.38. The fourth-order valence-corrected chi connectivity index (χ4v) is 1.17. The number of rotatable bonds is 1. The maximum absolute atomic E-state index is 3.94. The predicted molar refractivity (Wildman–Crippen MR) is 35.2 cm³/mol. The molecule has 0 aromatic carbocycles. The van der Waals surface area contributed by atoms with Gasteiger partial charge in [-0.1, -0.05) is 5.92 Å². The molecular weight excluding hydrogens is 187 g/mol. The van der Waals surface area contributed by atoms with Gasteiger partial charge in [0, 0.05) is 32.7 Å².